The zero-order valence-electron chi connectivity index (χ0n) is 17.5. The highest BCUT2D eigenvalue weighted by Crippen LogP contribution is 2.20. The maximum Gasteiger partial charge on any atom is 0.333 e. The summed E-state index contributed by atoms with van der Waals surface area (Å²) in [5, 5.41) is 8.86. The van der Waals surface area contributed by atoms with Gasteiger partial charge in [0.1, 0.15) is 11.5 Å². The van der Waals surface area contributed by atoms with Gasteiger partial charge >= 0.3 is 11.7 Å². The molecule has 2 aromatic heterocycles. The van der Waals surface area contributed by atoms with Crippen molar-refractivity contribution in [3.05, 3.63) is 92.6 Å². The molecule has 0 aliphatic heterocycles. The lowest BCUT2D eigenvalue weighted by atomic mass is 10.1. The SMILES string of the molecule is CCCn1c(=O)c2nc(-c3cccc(/C=C/C(=O)O)c3)[nH]c2n(Cc2ccccc2)c1=O. The van der Waals surface area contributed by atoms with E-state index in [1.165, 1.54) is 15.2 Å². The predicted octanol–water partition coefficient (Wildman–Crippen LogP) is 3.11. The Hall–Kier alpha value is -4.20. The number of aromatic amines is 1. The van der Waals surface area contributed by atoms with E-state index >= 15 is 0 Å². The molecule has 32 heavy (non-hydrogen) atoms. The zero-order valence-corrected chi connectivity index (χ0v) is 17.5. The summed E-state index contributed by atoms with van der Waals surface area (Å²) < 4.78 is 2.76. The van der Waals surface area contributed by atoms with Crippen molar-refractivity contribution >= 4 is 23.2 Å². The third kappa shape index (κ3) is 4.15. The Morgan fingerprint density at radius 3 is 2.59 bits per heavy atom. The number of carboxylic acids is 1. The molecule has 2 heterocycles. The molecule has 8 nitrogen and oxygen atoms in total. The third-order valence-corrected chi connectivity index (χ3v) is 5.07. The number of aliphatic carboxylic acids is 1. The lowest BCUT2D eigenvalue weighted by Gasteiger charge is -2.11. The zero-order chi connectivity index (χ0) is 22.7. The molecule has 0 aliphatic rings. The van der Waals surface area contributed by atoms with Crippen LogP contribution in [0, 0.1) is 0 Å². The first-order valence-electron chi connectivity index (χ1n) is 10.3. The first kappa shape index (κ1) is 21.0. The molecule has 4 rings (SSSR count). The molecule has 0 bridgehead atoms. The highest BCUT2D eigenvalue weighted by Gasteiger charge is 2.18. The second-order valence-electron chi connectivity index (χ2n) is 7.39. The highest BCUT2D eigenvalue weighted by atomic mass is 16.4. The van der Waals surface area contributed by atoms with Crippen LogP contribution in [0.4, 0.5) is 0 Å². The molecule has 0 saturated heterocycles. The van der Waals surface area contributed by atoms with Crippen molar-refractivity contribution in [3.8, 4) is 11.4 Å². The molecule has 8 heteroatoms. The smallest absolute Gasteiger partial charge is 0.333 e. The van der Waals surface area contributed by atoms with Crippen molar-refractivity contribution in [2.75, 3.05) is 0 Å². The summed E-state index contributed by atoms with van der Waals surface area (Å²) in [7, 11) is 0. The number of imidazole rings is 1. The number of carboxylic acid groups (broad SMARTS) is 1. The average molecular weight is 430 g/mol. The maximum absolute atomic E-state index is 13.2. The summed E-state index contributed by atoms with van der Waals surface area (Å²) in [6, 6.07) is 16.7. The number of fused-ring (bicyclic) bond motifs is 1. The molecule has 0 fully saturated rings. The molecule has 2 aromatic carbocycles. The standard InChI is InChI=1S/C24H22N4O4/c1-2-13-27-23(31)20-22(28(24(27)32)15-17-7-4-3-5-8-17)26-21(25-20)18-10-6-9-16(14-18)11-12-19(29)30/h3-12,14H,2,13,15H2,1H3,(H,25,26)(H,29,30)/b12-11+. The van der Waals surface area contributed by atoms with Crippen LogP contribution in [-0.4, -0.2) is 30.2 Å². The molecule has 0 saturated carbocycles. The Kier molecular flexibility index (Phi) is 5.85. The number of nitrogens with one attached hydrogen (secondary N) is 1. The fourth-order valence-electron chi connectivity index (χ4n) is 3.59. The number of H-pyrrole nitrogens is 1. The van der Waals surface area contributed by atoms with Crippen LogP contribution in [0.15, 0.2) is 70.3 Å². The van der Waals surface area contributed by atoms with E-state index in [0.29, 0.717) is 42.1 Å². The fraction of sp³-hybridized carbons (Fsp3) is 0.167. The number of hydrogen-bond donors (Lipinski definition) is 2. The number of aromatic nitrogens is 4. The lowest BCUT2D eigenvalue weighted by molar-refractivity contribution is -0.131. The summed E-state index contributed by atoms with van der Waals surface area (Å²) in [5.74, 6) is -0.612. The number of benzene rings is 2. The largest absolute Gasteiger partial charge is 0.478 e. The van der Waals surface area contributed by atoms with Crippen LogP contribution in [0.1, 0.15) is 24.5 Å². The summed E-state index contributed by atoms with van der Waals surface area (Å²) in [4.78, 5) is 44.7. The number of nitrogens with zero attached hydrogens (tertiary/aromatic N) is 3. The van der Waals surface area contributed by atoms with Crippen molar-refractivity contribution in [3.63, 3.8) is 0 Å². The Bertz CT molecular complexity index is 1430. The van der Waals surface area contributed by atoms with Gasteiger partial charge in [-0.25, -0.2) is 14.6 Å². The molecule has 0 spiro atoms. The first-order chi connectivity index (χ1) is 15.5. The third-order valence-electron chi connectivity index (χ3n) is 5.07. The van der Waals surface area contributed by atoms with Gasteiger partial charge in [-0.3, -0.25) is 13.9 Å². The molecule has 0 unspecified atom stereocenters. The van der Waals surface area contributed by atoms with Crippen molar-refractivity contribution in [2.45, 2.75) is 26.4 Å². The molecular weight excluding hydrogens is 408 g/mol. The minimum absolute atomic E-state index is 0.190. The number of hydrogen-bond acceptors (Lipinski definition) is 4. The van der Waals surface area contributed by atoms with Crippen molar-refractivity contribution in [1.29, 1.82) is 0 Å². The van der Waals surface area contributed by atoms with Crippen LogP contribution < -0.4 is 11.2 Å². The van der Waals surface area contributed by atoms with Gasteiger partial charge in [-0.05, 0) is 29.7 Å². The summed E-state index contributed by atoms with van der Waals surface area (Å²) >= 11 is 0. The van der Waals surface area contributed by atoms with E-state index in [1.54, 1.807) is 24.3 Å². The summed E-state index contributed by atoms with van der Waals surface area (Å²) in [6.07, 6.45) is 3.17. The molecule has 0 amide bonds. The highest BCUT2D eigenvalue weighted by molar-refractivity contribution is 5.85. The predicted molar refractivity (Wildman–Crippen MR) is 123 cm³/mol. The molecule has 0 atom stereocenters. The maximum atomic E-state index is 13.2. The van der Waals surface area contributed by atoms with Gasteiger partial charge in [0.05, 0.1) is 6.54 Å². The molecule has 0 aliphatic carbocycles. The van der Waals surface area contributed by atoms with E-state index < -0.39 is 11.5 Å². The van der Waals surface area contributed by atoms with Crippen molar-refractivity contribution in [2.24, 2.45) is 0 Å². The Morgan fingerprint density at radius 2 is 1.88 bits per heavy atom. The summed E-state index contributed by atoms with van der Waals surface area (Å²) in [6.45, 7) is 2.51. The second-order valence-corrected chi connectivity index (χ2v) is 7.39. The van der Waals surface area contributed by atoms with E-state index in [-0.39, 0.29) is 11.2 Å². The quantitative estimate of drug-likeness (QED) is 0.438. The first-order valence-corrected chi connectivity index (χ1v) is 10.3. The molecule has 0 radical (unpaired) electrons. The fourth-order valence-corrected chi connectivity index (χ4v) is 3.59. The Balaban J connectivity index is 1.89. The average Bonchev–Trinajstić information content (AvgIpc) is 3.25. The van der Waals surface area contributed by atoms with Crippen LogP contribution >= 0.6 is 0 Å². The molecule has 4 aromatic rings. The van der Waals surface area contributed by atoms with E-state index in [0.717, 1.165) is 11.6 Å². The van der Waals surface area contributed by atoms with Crippen LogP contribution in [0.3, 0.4) is 0 Å². The van der Waals surface area contributed by atoms with Gasteiger partial charge in [-0.2, -0.15) is 0 Å². The number of rotatable bonds is 7. The van der Waals surface area contributed by atoms with Gasteiger partial charge < -0.3 is 10.1 Å². The minimum Gasteiger partial charge on any atom is -0.478 e. The molecule has 162 valence electrons. The van der Waals surface area contributed by atoms with E-state index in [9.17, 15) is 14.4 Å². The monoisotopic (exact) mass is 430 g/mol. The van der Waals surface area contributed by atoms with E-state index in [2.05, 4.69) is 9.97 Å². The van der Waals surface area contributed by atoms with Gasteiger partial charge in [-0.1, -0.05) is 55.5 Å². The van der Waals surface area contributed by atoms with Crippen molar-refractivity contribution in [1.82, 2.24) is 19.1 Å². The second kappa shape index (κ2) is 8.89. The summed E-state index contributed by atoms with van der Waals surface area (Å²) in [5.41, 5.74) is 2.01. The Morgan fingerprint density at radius 1 is 1.09 bits per heavy atom. The molecular formula is C24H22N4O4. The topological polar surface area (TPSA) is 110 Å². The van der Waals surface area contributed by atoms with Gasteiger partial charge in [0, 0.05) is 18.2 Å². The van der Waals surface area contributed by atoms with Gasteiger partial charge in [-0.15, -0.1) is 0 Å². The minimum atomic E-state index is -1.04. The van der Waals surface area contributed by atoms with Gasteiger partial charge in [0.25, 0.3) is 5.56 Å². The van der Waals surface area contributed by atoms with Crippen LogP contribution in [0.5, 0.6) is 0 Å². The van der Waals surface area contributed by atoms with Crippen molar-refractivity contribution < 1.29 is 9.90 Å². The normalized spacial score (nSPS) is 11.4. The molecule has 2 N–H and O–H groups in total. The van der Waals surface area contributed by atoms with Crippen LogP contribution in [-0.2, 0) is 17.9 Å². The van der Waals surface area contributed by atoms with Gasteiger partial charge in [0.15, 0.2) is 5.52 Å². The number of carbonyl (C=O) groups is 1. The van der Waals surface area contributed by atoms with Gasteiger partial charge in [0.2, 0.25) is 0 Å². The van der Waals surface area contributed by atoms with E-state index in [1.807, 2.05) is 37.3 Å². The lowest BCUT2D eigenvalue weighted by Crippen LogP contribution is -2.40. The van der Waals surface area contributed by atoms with E-state index in [4.69, 9.17) is 5.11 Å². The van der Waals surface area contributed by atoms with Crippen LogP contribution in [0.25, 0.3) is 28.6 Å². The van der Waals surface area contributed by atoms with Crippen LogP contribution in [0.2, 0.25) is 0 Å². The Labute approximate surface area is 183 Å².